The first-order chi connectivity index (χ1) is 13.7. The van der Waals surface area contributed by atoms with Gasteiger partial charge in [-0.15, -0.1) is 0 Å². The van der Waals surface area contributed by atoms with Gasteiger partial charge in [0.05, 0.1) is 29.7 Å². The third kappa shape index (κ3) is 7.32. The van der Waals surface area contributed by atoms with Gasteiger partial charge in [-0.25, -0.2) is 4.98 Å². The fourth-order valence-electron chi connectivity index (χ4n) is 2.34. The molecule has 0 bridgehead atoms. The summed E-state index contributed by atoms with van der Waals surface area (Å²) in [6, 6.07) is 6.33. The van der Waals surface area contributed by atoms with Crippen molar-refractivity contribution in [3.05, 3.63) is 59.8 Å². The van der Waals surface area contributed by atoms with E-state index >= 15 is 0 Å². The molecule has 0 aromatic carbocycles. The number of aromatic nitrogens is 2. The molecule has 156 valence electrons. The molecule has 2 rings (SSSR count). The Morgan fingerprint density at radius 3 is 2.66 bits per heavy atom. The van der Waals surface area contributed by atoms with Crippen LogP contribution in [0.4, 0.5) is 24.7 Å². The van der Waals surface area contributed by atoms with Crippen molar-refractivity contribution in [2.75, 3.05) is 18.1 Å². The summed E-state index contributed by atoms with van der Waals surface area (Å²) in [4.78, 5) is 12.0. The molecule has 2 aromatic rings. The Kier molecular flexibility index (Phi) is 7.40. The Labute approximate surface area is 167 Å². The van der Waals surface area contributed by atoms with Crippen molar-refractivity contribution < 1.29 is 13.2 Å². The van der Waals surface area contributed by atoms with Gasteiger partial charge in [-0.2, -0.15) is 13.2 Å². The van der Waals surface area contributed by atoms with Gasteiger partial charge >= 0.3 is 6.18 Å². The number of hydrogen-bond acceptors (Lipinski definition) is 6. The summed E-state index contributed by atoms with van der Waals surface area (Å²) in [6.07, 6.45) is -0.741. The standard InChI is InChI=1S/C19H24F3N7/c1-12(2)27-17(24-3)8-18(26-11-14-5-4-6-16(23)28-14)29-15-7-13(9-25-10-15)19(20,21)22/h4-10,12,26,29H,11H2,1-3H3,(H2,23,28)(H,24,27). The molecule has 0 aliphatic rings. The van der Waals surface area contributed by atoms with Crippen LogP contribution in [0.25, 0.3) is 0 Å². The van der Waals surface area contributed by atoms with Gasteiger partial charge in [-0.1, -0.05) is 6.07 Å². The molecule has 0 saturated heterocycles. The predicted octanol–water partition coefficient (Wildman–Crippen LogP) is 3.15. The van der Waals surface area contributed by atoms with Crippen molar-refractivity contribution in [2.45, 2.75) is 32.6 Å². The highest BCUT2D eigenvalue weighted by molar-refractivity contribution is 5.93. The molecule has 5 N–H and O–H groups in total. The zero-order valence-corrected chi connectivity index (χ0v) is 16.4. The third-order valence-corrected chi connectivity index (χ3v) is 3.59. The quantitative estimate of drug-likeness (QED) is 0.416. The number of nitrogens with two attached hydrogens (primary N) is 1. The van der Waals surface area contributed by atoms with Gasteiger partial charge in [0.1, 0.15) is 17.5 Å². The van der Waals surface area contributed by atoms with Gasteiger partial charge in [-0.3, -0.25) is 9.98 Å². The maximum absolute atomic E-state index is 13.0. The summed E-state index contributed by atoms with van der Waals surface area (Å²) in [5.41, 5.74) is 5.70. The molecule has 0 atom stereocenters. The average molecular weight is 407 g/mol. The largest absolute Gasteiger partial charge is 0.417 e. The van der Waals surface area contributed by atoms with Crippen molar-refractivity contribution in [1.29, 1.82) is 0 Å². The number of halogens is 3. The molecular weight excluding hydrogens is 383 g/mol. The molecule has 0 spiro atoms. The van der Waals surface area contributed by atoms with Crippen LogP contribution in [0.2, 0.25) is 0 Å². The highest BCUT2D eigenvalue weighted by Crippen LogP contribution is 2.30. The molecule has 0 saturated carbocycles. The first-order valence-corrected chi connectivity index (χ1v) is 8.87. The number of alkyl halides is 3. The first-order valence-electron chi connectivity index (χ1n) is 8.87. The summed E-state index contributed by atoms with van der Waals surface area (Å²) in [7, 11) is 1.62. The molecule has 0 unspecified atom stereocenters. The Balaban J connectivity index is 2.26. The van der Waals surface area contributed by atoms with Crippen LogP contribution in [0.15, 0.2) is 53.5 Å². The smallest absolute Gasteiger partial charge is 0.384 e. The highest BCUT2D eigenvalue weighted by atomic mass is 19.4. The molecule has 10 heteroatoms. The minimum atomic E-state index is -4.48. The lowest BCUT2D eigenvalue weighted by Gasteiger charge is -2.17. The molecule has 0 fully saturated rings. The van der Waals surface area contributed by atoms with E-state index in [1.54, 1.807) is 31.3 Å². The molecule has 0 radical (unpaired) electrons. The van der Waals surface area contributed by atoms with Gasteiger partial charge in [-0.05, 0) is 32.0 Å². The number of anilines is 2. The minimum absolute atomic E-state index is 0.122. The second-order valence-corrected chi connectivity index (χ2v) is 6.46. The van der Waals surface area contributed by atoms with Crippen molar-refractivity contribution in [3.8, 4) is 0 Å². The summed E-state index contributed by atoms with van der Waals surface area (Å²) < 4.78 is 38.9. The second-order valence-electron chi connectivity index (χ2n) is 6.46. The van der Waals surface area contributed by atoms with Gasteiger partial charge in [0.15, 0.2) is 0 Å². The molecular formula is C19H24F3N7. The van der Waals surface area contributed by atoms with E-state index in [4.69, 9.17) is 5.73 Å². The predicted molar refractivity (Wildman–Crippen MR) is 108 cm³/mol. The lowest BCUT2D eigenvalue weighted by molar-refractivity contribution is -0.137. The maximum Gasteiger partial charge on any atom is 0.417 e. The van der Waals surface area contributed by atoms with E-state index in [0.29, 0.717) is 29.7 Å². The zero-order chi connectivity index (χ0) is 21.4. The Bertz CT molecular complexity index is 876. The topological polar surface area (TPSA) is 100 Å². The van der Waals surface area contributed by atoms with Crippen LogP contribution >= 0.6 is 0 Å². The molecule has 2 heterocycles. The number of nitrogen functional groups attached to an aromatic ring is 1. The second kappa shape index (κ2) is 9.76. The molecule has 7 nitrogen and oxygen atoms in total. The number of hydrogen-bond donors (Lipinski definition) is 4. The van der Waals surface area contributed by atoms with E-state index in [1.807, 2.05) is 13.8 Å². The van der Waals surface area contributed by atoms with Crippen molar-refractivity contribution in [1.82, 2.24) is 20.6 Å². The zero-order valence-electron chi connectivity index (χ0n) is 16.4. The average Bonchev–Trinajstić information content (AvgIpc) is 2.64. The number of amidine groups is 1. The number of pyridine rings is 2. The SMILES string of the molecule is CN=C(C=C(NCc1cccc(N)n1)Nc1cncc(C(F)(F)F)c1)NC(C)C. The van der Waals surface area contributed by atoms with Crippen molar-refractivity contribution in [2.24, 2.45) is 4.99 Å². The molecule has 0 aliphatic heterocycles. The molecule has 0 aliphatic carbocycles. The summed E-state index contributed by atoms with van der Waals surface area (Å²) in [6.45, 7) is 4.20. The number of nitrogens with one attached hydrogen (secondary N) is 3. The van der Waals surface area contributed by atoms with E-state index in [2.05, 4.69) is 30.9 Å². The van der Waals surface area contributed by atoms with Crippen LogP contribution in [0.3, 0.4) is 0 Å². The van der Waals surface area contributed by atoms with Crippen LogP contribution in [-0.2, 0) is 12.7 Å². The molecule has 0 amide bonds. The Morgan fingerprint density at radius 1 is 1.28 bits per heavy atom. The van der Waals surface area contributed by atoms with E-state index in [9.17, 15) is 13.2 Å². The van der Waals surface area contributed by atoms with Crippen molar-refractivity contribution in [3.63, 3.8) is 0 Å². The number of rotatable bonds is 7. The lowest BCUT2D eigenvalue weighted by Crippen LogP contribution is -2.31. The van der Waals surface area contributed by atoms with Gasteiger partial charge in [0.25, 0.3) is 0 Å². The fourth-order valence-corrected chi connectivity index (χ4v) is 2.34. The Hall–Kier alpha value is -3.30. The van der Waals surface area contributed by atoms with Crippen molar-refractivity contribution >= 4 is 17.3 Å². The van der Waals surface area contributed by atoms with E-state index in [0.717, 1.165) is 12.3 Å². The van der Waals surface area contributed by atoms with Gasteiger partial charge in [0.2, 0.25) is 0 Å². The first kappa shape index (κ1) is 22.0. The summed E-state index contributed by atoms with van der Waals surface area (Å²) in [5, 5.41) is 9.18. The van der Waals surface area contributed by atoms with E-state index in [-0.39, 0.29) is 11.7 Å². The molecule has 2 aromatic heterocycles. The van der Waals surface area contributed by atoms with Gasteiger partial charge in [0, 0.05) is 25.4 Å². The van der Waals surface area contributed by atoms with Crippen LogP contribution in [0.5, 0.6) is 0 Å². The van der Waals surface area contributed by atoms with Crippen LogP contribution in [-0.4, -0.2) is 28.9 Å². The van der Waals surface area contributed by atoms with Crippen LogP contribution in [0.1, 0.15) is 25.1 Å². The highest BCUT2D eigenvalue weighted by Gasteiger charge is 2.31. The lowest BCUT2D eigenvalue weighted by atomic mass is 10.2. The third-order valence-electron chi connectivity index (χ3n) is 3.59. The summed E-state index contributed by atoms with van der Waals surface area (Å²) >= 11 is 0. The van der Waals surface area contributed by atoms with E-state index < -0.39 is 11.7 Å². The Morgan fingerprint density at radius 2 is 2.03 bits per heavy atom. The number of nitrogens with zero attached hydrogens (tertiary/aromatic N) is 3. The monoisotopic (exact) mass is 407 g/mol. The van der Waals surface area contributed by atoms with E-state index in [1.165, 1.54) is 6.20 Å². The number of aliphatic imine (C=N–C) groups is 1. The van der Waals surface area contributed by atoms with Crippen LogP contribution < -0.4 is 21.7 Å². The summed E-state index contributed by atoms with van der Waals surface area (Å²) in [5.74, 6) is 1.35. The maximum atomic E-state index is 13.0. The molecule has 29 heavy (non-hydrogen) atoms. The fraction of sp³-hybridized carbons (Fsp3) is 0.316. The normalized spacial score (nSPS) is 12.8. The van der Waals surface area contributed by atoms with Crippen LogP contribution in [0, 0.1) is 0 Å². The minimum Gasteiger partial charge on any atom is -0.384 e. The van der Waals surface area contributed by atoms with Gasteiger partial charge < -0.3 is 21.7 Å².